The van der Waals surface area contributed by atoms with Gasteiger partial charge in [0.15, 0.2) is 5.13 Å². The molecule has 1 fully saturated rings. The van der Waals surface area contributed by atoms with E-state index in [1.807, 2.05) is 18.4 Å². The van der Waals surface area contributed by atoms with Crippen molar-refractivity contribution in [2.24, 2.45) is 0 Å². The zero-order valence-corrected chi connectivity index (χ0v) is 11.9. The number of aryl methyl sites for hydroxylation is 1. The number of nitrogens with zero attached hydrogens (tertiary/aromatic N) is 2. The van der Waals surface area contributed by atoms with Crippen LogP contribution < -0.4 is 10.2 Å². The van der Waals surface area contributed by atoms with Gasteiger partial charge in [0.05, 0.1) is 5.69 Å². The van der Waals surface area contributed by atoms with Crippen molar-refractivity contribution in [3.8, 4) is 0 Å². The van der Waals surface area contributed by atoms with Crippen LogP contribution >= 0.6 is 11.3 Å². The van der Waals surface area contributed by atoms with Crippen molar-refractivity contribution in [2.75, 3.05) is 18.5 Å². The Morgan fingerprint density at radius 2 is 2.29 bits per heavy atom. The van der Waals surface area contributed by atoms with Crippen LogP contribution in [0, 0.1) is 0 Å². The van der Waals surface area contributed by atoms with E-state index < -0.39 is 0 Å². The Morgan fingerprint density at radius 1 is 1.47 bits per heavy atom. The number of aromatic nitrogens is 1. The largest absolute Gasteiger partial charge is 0.345 e. The smallest absolute Gasteiger partial charge is 0.186 e. The molecule has 1 N–H and O–H groups in total. The summed E-state index contributed by atoms with van der Waals surface area (Å²) in [6, 6.07) is 0.716. The van der Waals surface area contributed by atoms with Gasteiger partial charge in [-0.05, 0) is 32.7 Å². The summed E-state index contributed by atoms with van der Waals surface area (Å²) in [7, 11) is 2.00. The van der Waals surface area contributed by atoms with Crippen LogP contribution in [-0.4, -0.2) is 24.6 Å². The fourth-order valence-corrected chi connectivity index (χ4v) is 3.84. The molecule has 0 spiro atoms. The predicted molar refractivity (Wildman–Crippen MR) is 74.9 cm³/mol. The van der Waals surface area contributed by atoms with Crippen LogP contribution in [0.5, 0.6) is 0 Å². The number of rotatable bonds is 5. The summed E-state index contributed by atoms with van der Waals surface area (Å²) in [6.07, 6.45) is 4.93. The summed E-state index contributed by atoms with van der Waals surface area (Å²) in [5.74, 6) is 0. The summed E-state index contributed by atoms with van der Waals surface area (Å²) in [5.41, 5.74) is 1.28. The highest BCUT2D eigenvalue weighted by molar-refractivity contribution is 7.15. The first-order chi connectivity index (χ1) is 8.30. The minimum atomic E-state index is 0.716. The second kappa shape index (κ2) is 5.83. The third-order valence-electron chi connectivity index (χ3n) is 3.53. The van der Waals surface area contributed by atoms with Crippen LogP contribution in [-0.2, 0) is 13.0 Å². The molecule has 3 nitrogen and oxygen atoms in total. The lowest BCUT2D eigenvalue weighted by Gasteiger charge is -2.22. The topological polar surface area (TPSA) is 28.2 Å². The van der Waals surface area contributed by atoms with Gasteiger partial charge in [-0.15, -0.1) is 11.3 Å². The van der Waals surface area contributed by atoms with E-state index in [4.69, 9.17) is 4.98 Å². The minimum Gasteiger partial charge on any atom is -0.345 e. The third kappa shape index (κ3) is 2.63. The maximum Gasteiger partial charge on any atom is 0.186 e. The number of thiazole rings is 1. The first kappa shape index (κ1) is 12.8. The maximum atomic E-state index is 4.83. The van der Waals surface area contributed by atoms with Crippen LogP contribution in [0.3, 0.4) is 0 Å². The Balaban J connectivity index is 2.20. The Kier molecular flexibility index (Phi) is 4.40. The SMILES string of the molecule is CCc1nc(N2CCCC2CC)sc1CNC. The van der Waals surface area contributed by atoms with E-state index in [0.29, 0.717) is 6.04 Å². The molecule has 1 aliphatic heterocycles. The molecule has 17 heavy (non-hydrogen) atoms. The monoisotopic (exact) mass is 253 g/mol. The average Bonchev–Trinajstić information content (AvgIpc) is 2.94. The van der Waals surface area contributed by atoms with Crippen LogP contribution in [0.2, 0.25) is 0 Å². The predicted octanol–water partition coefficient (Wildman–Crippen LogP) is 2.80. The Morgan fingerprint density at radius 3 is 2.94 bits per heavy atom. The lowest BCUT2D eigenvalue weighted by Crippen LogP contribution is -2.28. The second-order valence-electron chi connectivity index (χ2n) is 4.65. The lowest BCUT2D eigenvalue weighted by atomic mass is 10.2. The first-order valence-electron chi connectivity index (χ1n) is 6.69. The van der Waals surface area contributed by atoms with Gasteiger partial charge in [-0.2, -0.15) is 0 Å². The molecule has 0 saturated carbocycles. The van der Waals surface area contributed by atoms with E-state index in [0.717, 1.165) is 13.0 Å². The van der Waals surface area contributed by atoms with E-state index in [1.54, 1.807) is 0 Å². The van der Waals surface area contributed by atoms with Crippen LogP contribution in [0.25, 0.3) is 0 Å². The molecule has 0 aromatic carbocycles. The van der Waals surface area contributed by atoms with Gasteiger partial charge < -0.3 is 10.2 Å². The molecule has 1 unspecified atom stereocenters. The zero-order valence-electron chi connectivity index (χ0n) is 11.1. The molecule has 1 aliphatic rings. The van der Waals surface area contributed by atoms with Crippen molar-refractivity contribution in [1.82, 2.24) is 10.3 Å². The normalized spacial score (nSPS) is 20.2. The van der Waals surface area contributed by atoms with Crippen molar-refractivity contribution >= 4 is 16.5 Å². The van der Waals surface area contributed by atoms with Crippen LogP contribution in [0.4, 0.5) is 5.13 Å². The summed E-state index contributed by atoms with van der Waals surface area (Å²) in [4.78, 5) is 8.76. The van der Waals surface area contributed by atoms with Gasteiger partial charge in [0.1, 0.15) is 0 Å². The molecule has 1 aromatic rings. The highest BCUT2D eigenvalue weighted by Crippen LogP contribution is 2.32. The molecule has 1 atom stereocenters. The molecular weight excluding hydrogens is 230 g/mol. The molecule has 1 saturated heterocycles. The summed E-state index contributed by atoms with van der Waals surface area (Å²) >= 11 is 1.88. The Labute approximate surface area is 108 Å². The lowest BCUT2D eigenvalue weighted by molar-refractivity contribution is 0.644. The van der Waals surface area contributed by atoms with Crippen molar-refractivity contribution < 1.29 is 0 Å². The quantitative estimate of drug-likeness (QED) is 0.874. The molecule has 2 heterocycles. The molecular formula is C13H23N3S. The van der Waals surface area contributed by atoms with Gasteiger partial charge >= 0.3 is 0 Å². The van der Waals surface area contributed by atoms with E-state index in [-0.39, 0.29) is 0 Å². The van der Waals surface area contributed by atoms with Gasteiger partial charge in [-0.1, -0.05) is 13.8 Å². The van der Waals surface area contributed by atoms with Crippen molar-refractivity contribution in [3.05, 3.63) is 10.6 Å². The van der Waals surface area contributed by atoms with E-state index in [2.05, 4.69) is 24.1 Å². The average molecular weight is 253 g/mol. The van der Waals surface area contributed by atoms with Gasteiger partial charge in [0.2, 0.25) is 0 Å². The summed E-state index contributed by atoms with van der Waals surface area (Å²) < 4.78 is 0. The maximum absolute atomic E-state index is 4.83. The standard InChI is InChI=1S/C13H23N3S/c1-4-10-7-6-8-16(10)13-15-11(5-2)12(17-13)9-14-3/h10,14H,4-9H2,1-3H3. The Hall–Kier alpha value is -0.610. The van der Waals surface area contributed by atoms with Crippen LogP contribution in [0.15, 0.2) is 0 Å². The highest BCUT2D eigenvalue weighted by atomic mass is 32.1. The van der Waals surface area contributed by atoms with Gasteiger partial charge in [-0.25, -0.2) is 4.98 Å². The molecule has 1 aromatic heterocycles. The fraction of sp³-hybridized carbons (Fsp3) is 0.769. The van der Waals surface area contributed by atoms with E-state index in [1.165, 1.54) is 41.5 Å². The first-order valence-corrected chi connectivity index (χ1v) is 7.51. The van der Waals surface area contributed by atoms with Crippen molar-refractivity contribution in [1.29, 1.82) is 0 Å². The molecule has 4 heteroatoms. The van der Waals surface area contributed by atoms with Crippen molar-refractivity contribution in [3.63, 3.8) is 0 Å². The fourth-order valence-electron chi connectivity index (χ4n) is 2.58. The second-order valence-corrected chi connectivity index (χ2v) is 5.71. The summed E-state index contributed by atoms with van der Waals surface area (Å²) in [5, 5.41) is 4.49. The molecule has 0 amide bonds. The van der Waals surface area contributed by atoms with Crippen molar-refractivity contribution in [2.45, 2.75) is 52.1 Å². The molecule has 0 bridgehead atoms. The third-order valence-corrected chi connectivity index (χ3v) is 4.67. The number of hydrogen-bond donors (Lipinski definition) is 1. The molecule has 96 valence electrons. The van der Waals surface area contributed by atoms with Gasteiger partial charge in [0.25, 0.3) is 0 Å². The minimum absolute atomic E-state index is 0.716. The molecule has 2 rings (SSSR count). The Bertz CT molecular complexity index is 362. The number of anilines is 1. The number of hydrogen-bond acceptors (Lipinski definition) is 4. The van der Waals surface area contributed by atoms with E-state index in [9.17, 15) is 0 Å². The molecule has 0 aliphatic carbocycles. The van der Waals surface area contributed by atoms with Crippen LogP contribution in [0.1, 0.15) is 43.7 Å². The van der Waals surface area contributed by atoms with Gasteiger partial charge in [-0.3, -0.25) is 0 Å². The van der Waals surface area contributed by atoms with Gasteiger partial charge in [0, 0.05) is 24.0 Å². The number of nitrogens with one attached hydrogen (secondary N) is 1. The zero-order chi connectivity index (χ0) is 12.3. The highest BCUT2D eigenvalue weighted by Gasteiger charge is 2.26. The molecule has 0 radical (unpaired) electrons. The van der Waals surface area contributed by atoms with E-state index >= 15 is 0 Å². The summed E-state index contributed by atoms with van der Waals surface area (Å²) in [6.45, 7) is 6.62.